The van der Waals surface area contributed by atoms with Crippen LogP contribution in [0, 0.1) is 17.3 Å². The van der Waals surface area contributed by atoms with Gasteiger partial charge >= 0.3 is 5.97 Å². The Morgan fingerprint density at radius 1 is 1.54 bits per heavy atom. The van der Waals surface area contributed by atoms with Gasteiger partial charge in [-0.2, -0.15) is 0 Å². The maximum atomic E-state index is 10.9. The second-order valence-electron chi connectivity index (χ2n) is 4.70. The second kappa shape index (κ2) is 2.60. The normalized spacial score (nSPS) is 39.5. The summed E-state index contributed by atoms with van der Waals surface area (Å²) in [5.41, 5.74) is 0.142. The van der Waals surface area contributed by atoms with Gasteiger partial charge in [-0.15, -0.1) is 0 Å². The van der Waals surface area contributed by atoms with Crippen molar-refractivity contribution in [2.24, 2.45) is 17.3 Å². The highest BCUT2D eigenvalue weighted by molar-refractivity contribution is 5.66. The fourth-order valence-corrected chi connectivity index (χ4v) is 2.82. The molecule has 2 rings (SSSR count). The second-order valence-corrected chi connectivity index (χ2v) is 4.70. The van der Waals surface area contributed by atoms with Gasteiger partial charge in [0, 0.05) is 18.3 Å². The Bertz CT molecular complexity index is 265. The minimum atomic E-state index is -0.150. The summed E-state index contributed by atoms with van der Waals surface area (Å²) in [6, 6.07) is 0. The van der Waals surface area contributed by atoms with E-state index in [4.69, 9.17) is 4.74 Å². The van der Waals surface area contributed by atoms with Gasteiger partial charge in [0.25, 0.3) is 0 Å². The molecule has 0 N–H and O–H groups in total. The van der Waals surface area contributed by atoms with Crippen LogP contribution >= 0.6 is 0 Å². The van der Waals surface area contributed by atoms with Crippen molar-refractivity contribution in [3.63, 3.8) is 0 Å². The number of fused-ring (bicyclic) bond motifs is 1. The van der Waals surface area contributed by atoms with E-state index in [1.807, 2.05) is 0 Å². The fraction of sp³-hybridized carbons (Fsp3) is 0.727. The molecule has 0 aromatic rings. The highest BCUT2D eigenvalue weighted by Crippen LogP contribution is 2.57. The first-order valence-corrected chi connectivity index (χ1v) is 4.87. The van der Waals surface area contributed by atoms with Crippen molar-refractivity contribution in [1.82, 2.24) is 0 Å². The zero-order chi connectivity index (χ0) is 9.64. The number of hydrogen-bond donors (Lipinski definition) is 0. The van der Waals surface area contributed by atoms with Crippen molar-refractivity contribution in [3.05, 3.63) is 12.2 Å². The minimum absolute atomic E-state index is 0.130. The van der Waals surface area contributed by atoms with Crippen molar-refractivity contribution in [2.45, 2.75) is 33.3 Å². The molecule has 0 spiro atoms. The molecule has 2 heteroatoms. The molecular weight excluding hydrogens is 164 g/mol. The third kappa shape index (κ3) is 1.11. The third-order valence-electron chi connectivity index (χ3n) is 3.49. The Balaban J connectivity index is 2.09. The summed E-state index contributed by atoms with van der Waals surface area (Å²) < 4.78 is 5.34. The highest BCUT2D eigenvalue weighted by atomic mass is 16.5. The Morgan fingerprint density at radius 2 is 2.23 bits per heavy atom. The Labute approximate surface area is 79.0 Å². The lowest BCUT2D eigenvalue weighted by Crippen LogP contribution is -2.57. The van der Waals surface area contributed by atoms with Gasteiger partial charge < -0.3 is 4.74 Å². The van der Waals surface area contributed by atoms with E-state index in [1.165, 1.54) is 6.92 Å². The van der Waals surface area contributed by atoms with Crippen LogP contribution in [0.25, 0.3) is 0 Å². The first kappa shape index (κ1) is 8.79. The molecule has 1 fully saturated rings. The van der Waals surface area contributed by atoms with E-state index in [-0.39, 0.29) is 17.5 Å². The molecule has 2 aliphatic carbocycles. The molecule has 0 aliphatic heterocycles. The van der Waals surface area contributed by atoms with Gasteiger partial charge in [0.15, 0.2) is 0 Å². The summed E-state index contributed by atoms with van der Waals surface area (Å²) >= 11 is 0. The van der Waals surface area contributed by atoms with E-state index in [0.29, 0.717) is 11.8 Å². The largest absolute Gasteiger partial charge is 0.462 e. The van der Waals surface area contributed by atoms with Gasteiger partial charge in [-0.3, -0.25) is 4.79 Å². The van der Waals surface area contributed by atoms with Gasteiger partial charge in [-0.25, -0.2) is 0 Å². The Morgan fingerprint density at radius 3 is 2.85 bits per heavy atom. The van der Waals surface area contributed by atoms with Crippen molar-refractivity contribution in [3.8, 4) is 0 Å². The van der Waals surface area contributed by atoms with Crippen LogP contribution in [-0.2, 0) is 9.53 Å². The molecule has 2 aliphatic rings. The van der Waals surface area contributed by atoms with E-state index >= 15 is 0 Å². The van der Waals surface area contributed by atoms with Crippen LogP contribution in [0.4, 0.5) is 0 Å². The molecule has 2 nitrogen and oxygen atoms in total. The number of esters is 1. The lowest BCUT2D eigenvalue weighted by Gasteiger charge is -2.54. The van der Waals surface area contributed by atoms with E-state index in [1.54, 1.807) is 0 Å². The molecule has 0 bridgehead atoms. The van der Waals surface area contributed by atoms with Gasteiger partial charge in [-0.05, 0) is 12.3 Å². The summed E-state index contributed by atoms with van der Waals surface area (Å²) in [6.45, 7) is 5.85. The quantitative estimate of drug-likeness (QED) is 0.456. The number of carbonyl (C=O) groups excluding carboxylic acids is 1. The van der Waals surface area contributed by atoms with Crippen molar-refractivity contribution in [2.75, 3.05) is 0 Å². The molecule has 3 atom stereocenters. The Hall–Kier alpha value is -0.790. The van der Waals surface area contributed by atoms with E-state index in [9.17, 15) is 4.79 Å². The van der Waals surface area contributed by atoms with E-state index in [2.05, 4.69) is 26.0 Å². The monoisotopic (exact) mass is 180 g/mol. The van der Waals surface area contributed by atoms with Crippen LogP contribution in [0.1, 0.15) is 27.2 Å². The zero-order valence-corrected chi connectivity index (χ0v) is 8.41. The van der Waals surface area contributed by atoms with Crippen LogP contribution in [0.5, 0.6) is 0 Å². The number of hydrogen-bond acceptors (Lipinski definition) is 2. The molecule has 0 aromatic carbocycles. The van der Waals surface area contributed by atoms with Gasteiger partial charge in [0.2, 0.25) is 0 Å². The minimum Gasteiger partial charge on any atom is -0.462 e. The Kier molecular flexibility index (Phi) is 1.76. The first-order chi connectivity index (χ1) is 6.03. The molecule has 0 heterocycles. The zero-order valence-electron chi connectivity index (χ0n) is 8.41. The summed E-state index contributed by atoms with van der Waals surface area (Å²) in [7, 11) is 0. The maximum Gasteiger partial charge on any atom is 0.302 e. The number of rotatable bonds is 1. The van der Waals surface area contributed by atoms with Crippen molar-refractivity contribution >= 4 is 5.97 Å². The lowest BCUT2D eigenvalue weighted by atomic mass is 9.54. The van der Waals surface area contributed by atoms with Crippen LogP contribution in [0.15, 0.2) is 12.2 Å². The molecular formula is C11H16O2. The first-order valence-electron chi connectivity index (χ1n) is 4.87. The van der Waals surface area contributed by atoms with Crippen molar-refractivity contribution in [1.29, 1.82) is 0 Å². The van der Waals surface area contributed by atoms with Crippen molar-refractivity contribution < 1.29 is 9.53 Å². The van der Waals surface area contributed by atoms with Gasteiger partial charge in [-0.1, -0.05) is 26.0 Å². The van der Waals surface area contributed by atoms with Crippen LogP contribution < -0.4 is 0 Å². The average molecular weight is 180 g/mol. The number of allylic oxidation sites excluding steroid dienone is 2. The number of ether oxygens (including phenoxy) is 1. The number of carbonyl (C=O) groups is 1. The van der Waals surface area contributed by atoms with Crippen LogP contribution in [-0.4, -0.2) is 12.1 Å². The van der Waals surface area contributed by atoms with Gasteiger partial charge in [0.1, 0.15) is 6.10 Å². The standard InChI is InChI=1S/C11H16O2/c1-7(12)13-10-8-5-4-6-9(8)11(10,2)3/h4,6,8-10H,5H2,1-3H3/t8-,9+,10-/m0/s1. The SMILES string of the molecule is CC(=O)O[C@H]1[C@H]2CC=C[C@H]2C1(C)C. The van der Waals surface area contributed by atoms with E-state index in [0.717, 1.165) is 6.42 Å². The fourth-order valence-electron chi connectivity index (χ4n) is 2.82. The molecule has 0 radical (unpaired) electrons. The maximum absolute atomic E-state index is 10.9. The molecule has 0 saturated heterocycles. The van der Waals surface area contributed by atoms with E-state index < -0.39 is 0 Å². The average Bonchev–Trinajstić information content (AvgIpc) is 2.45. The molecule has 0 unspecified atom stereocenters. The summed E-state index contributed by atoms with van der Waals surface area (Å²) in [5, 5.41) is 0. The molecule has 1 saturated carbocycles. The summed E-state index contributed by atoms with van der Waals surface area (Å²) in [6.07, 6.45) is 5.68. The smallest absolute Gasteiger partial charge is 0.302 e. The van der Waals surface area contributed by atoms with Crippen LogP contribution in [0.3, 0.4) is 0 Å². The molecule has 13 heavy (non-hydrogen) atoms. The molecule has 0 amide bonds. The predicted molar refractivity (Wildman–Crippen MR) is 50.1 cm³/mol. The topological polar surface area (TPSA) is 26.3 Å². The highest BCUT2D eigenvalue weighted by Gasteiger charge is 2.58. The van der Waals surface area contributed by atoms with Gasteiger partial charge in [0.05, 0.1) is 0 Å². The van der Waals surface area contributed by atoms with Crippen LogP contribution in [0.2, 0.25) is 0 Å². The summed E-state index contributed by atoms with van der Waals surface area (Å²) in [4.78, 5) is 10.9. The lowest BCUT2D eigenvalue weighted by molar-refractivity contribution is -0.186. The summed E-state index contributed by atoms with van der Waals surface area (Å²) in [5.74, 6) is 1.03. The molecule has 0 aromatic heterocycles. The third-order valence-corrected chi connectivity index (χ3v) is 3.49. The molecule has 72 valence electrons. The predicted octanol–water partition coefficient (Wildman–Crippen LogP) is 2.15.